The number of carbonyl (C=O) groups excluding carboxylic acids is 1. The van der Waals surface area contributed by atoms with Gasteiger partial charge in [0.2, 0.25) is 5.91 Å². The fourth-order valence-corrected chi connectivity index (χ4v) is 4.35. The molecule has 7 heteroatoms. The van der Waals surface area contributed by atoms with E-state index in [2.05, 4.69) is 22.0 Å². The Balaban J connectivity index is 1.46. The van der Waals surface area contributed by atoms with Crippen molar-refractivity contribution in [2.24, 2.45) is 0 Å². The number of hydrogen-bond donors (Lipinski definition) is 1. The summed E-state index contributed by atoms with van der Waals surface area (Å²) in [6, 6.07) is 7.93. The van der Waals surface area contributed by atoms with Crippen LogP contribution in [-0.2, 0) is 17.6 Å². The van der Waals surface area contributed by atoms with Gasteiger partial charge in [0.25, 0.3) is 0 Å². The highest BCUT2D eigenvalue weighted by Crippen LogP contribution is 2.32. The van der Waals surface area contributed by atoms with Gasteiger partial charge in [0.1, 0.15) is 11.5 Å². The van der Waals surface area contributed by atoms with Crippen LogP contribution in [0.1, 0.15) is 37.4 Å². The Hall–Kier alpha value is -2.54. The standard InChI is InChI=1S/C21H28N4O3/c1-14-24-9-5-4-6-19(24)21(26)25(14)20-12-16(22-23-20)8-7-15-10-17(27-2)13-18(11-15)28-3/h10-14,19H,4-9H2,1-3H3,(H,22,23). The Morgan fingerprint density at radius 3 is 2.54 bits per heavy atom. The van der Waals surface area contributed by atoms with Gasteiger partial charge in [0, 0.05) is 24.4 Å². The van der Waals surface area contributed by atoms with Gasteiger partial charge in [-0.05, 0) is 50.3 Å². The van der Waals surface area contributed by atoms with Crippen molar-refractivity contribution in [3.63, 3.8) is 0 Å². The summed E-state index contributed by atoms with van der Waals surface area (Å²) in [6.07, 6.45) is 4.94. The Bertz CT molecular complexity index is 828. The molecule has 2 aliphatic heterocycles. The summed E-state index contributed by atoms with van der Waals surface area (Å²) in [7, 11) is 3.31. The number of aromatic amines is 1. The van der Waals surface area contributed by atoms with E-state index in [-0.39, 0.29) is 18.1 Å². The lowest BCUT2D eigenvalue weighted by Gasteiger charge is -2.30. The molecule has 4 rings (SSSR count). The van der Waals surface area contributed by atoms with E-state index in [0.717, 1.165) is 67.2 Å². The van der Waals surface area contributed by atoms with Crippen molar-refractivity contribution in [1.29, 1.82) is 0 Å². The molecule has 0 saturated carbocycles. The summed E-state index contributed by atoms with van der Waals surface area (Å²) in [5.74, 6) is 2.48. The van der Waals surface area contributed by atoms with Crippen LogP contribution < -0.4 is 14.4 Å². The van der Waals surface area contributed by atoms with Crippen LogP contribution in [0.2, 0.25) is 0 Å². The maximum atomic E-state index is 12.9. The highest BCUT2D eigenvalue weighted by Gasteiger charge is 2.45. The van der Waals surface area contributed by atoms with Crippen LogP contribution >= 0.6 is 0 Å². The average molecular weight is 384 g/mol. The van der Waals surface area contributed by atoms with E-state index in [1.165, 1.54) is 0 Å². The normalized spacial score (nSPS) is 22.4. The number of fused-ring (bicyclic) bond motifs is 1. The van der Waals surface area contributed by atoms with Gasteiger partial charge in [-0.15, -0.1) is 0 Å². The number of aromatic nitrogens is 2. The van der Waals surface area contributed by atoms with E-state index in [1.54, 1.807) is 14.2 Å². The smallest absolute Gasteiger partial charge is 0.246 e. The molecule has 0 radical (unpaired) electrons. The summed E-state index contributed by atoms with van der Waals surface area (Å²) in [5.41, 5.74) is 2.15. The first-order valence-corrected chi connectivity index (χ1v) is 9.95. The highest BCUT2D eigenvalue weighted by atomic mass is 16.5. The Morgan fingerprint density at radius 1 is 1.11 bits per heavy atom. The number of aryl methyl sites for hydroxylation is 2. The van der Waals surface area contributed by atoms with Crippen LogP contribution in [0.15, 0.2) is 24.3 Å². The third kappa shape index (κ3) is 3.46. The van der Waals surface area contributed by atoms with Crippen molar-refractivity contribution < 1.29 is 14.3 Å². The maximum Gasteiger partial charge on any atom is 0.246 e. The number of nitrogens with zero attached hydrogens (tertiary/aromatic N) is 3. The lowest BCUT2D eigenvalue weighted by Crippen LogP contribution is -2.41. The second-order valence-corrected chi connectivity index (χ2v) is 7.56. The molecule has 3 heterocycles. The number of piperidine rings is 1. The predicted octanol–water partition coefficient (Wildman–Crippen LogP) is 2.76. The number of anilines is 1. The molecule has 7 nitrogen and oxygen atoms in total. The van der Waals surface area contributed by atoms with Gasteiger partial charge in [-0.25, -0.2) is 0 Å². The molecule has 0 bridgehead atoms. The Kier molecular flexibility index (Phi) is 5.26. The number of hydrogen-bond acceptors (Lipinski definition) is 5. The van der Waals surface area contributed by atoms with E-state index in [1.807, 2.05) is 29.2 Å². The van der Waals surface area contributed by atoms with Crippen LogP contribution in [-0.4, -0.2) is 54.0 Å². The minimum atomic E-state index is 0.0214. The lowest BCUT2D eigenvalue weighted by atomic mass is 10.0. The summed E-state index contributed by atoms with van der Waals surface area (Å²) in [4.78, 5) is 17.0. The molecule has 2 atom stereocenters. The third-order valence-electron chi connectivity index (χ3n) is 5.88. The molecule has 2 aromatic rings. The quantitative estimate of drug-likeness (QED) is 0.829. The van der Waals surface area contributed by atoms with E-state index < -0.39 is 0 Å². The van der Waals surface area contributed by atoms with Crippen molar-refractivity contribution in [3.8, 4) is 11.5 Å². The topological polar surface area (TPSA) is 70.7 Å². The zero-order valence-electron chi connectivity index (χ0n) is 16.8. The largest absolute Gasteiger partial charge is 0.497 e. The summed E-state index contributed by atoms with van der Waals surface area (Å²) in [6.45, 7) is 3.09. The van der Waals surface area contributed by atoms with Crippen molar-refractivity contribution in [3.05, 3.63) is 35.5 Å². The Labute approximate surface area is 165 Å². The molecule has 2 aliphatic rings. The first kappa shape index (κ1) is 18.8. The molecule has 150 valence electrons. The molecule has 28 heavy (non-hydrogen) atoms. The Morgan fingerprint density at radius 2 is 1.86 bits per heavy atom. The number of nitrogens with one attached hydrogen (secondary N) is 1. The zero-order valence-corrected chi connectivity index (χ0v) is 16.8. The summed E-state index contributed by atoms with van der Waals surface area (Å²) in [5, 5.41) is 7.55. The van der Waals surface area contributed by atoms with Crippen LogP contribution in [0.5, 0.6) is 11.5 Å². The molecule has 1 N–H and O–H groups in total. The number of H-pyrrole nitrogens is 1. The van der Waals surface area contributed by atoms with Crippen LogP contribution in [0.4, 0.5) is 5.82 Å². The molecular formula is C21H28N4O3. The fourth-order valence-electron chi connectivity index (χ4n) is 4.35. The van der Waals surface area contributed by atoms with Gasteiger partial charge in [-0.2, -0.15) is 5.10 Å². The molecular weight excluding hydrogens is 356 g/mol. The summed E-state index contributed by atoms with van der Waals surface area (Å²) < 4.78 is 10.7. The van der Waals surface area contributed by atoms with E-state index in [9.17, 15) is 4.79 Å². The number of ether oxygens (including phenoxy) is 2. The molecule has 0 spiro atoms. The van der Waals surface area contributed by atoms with Gasteiger partial charge in [-0.3, -0.25) is 19.7 Å². The fraction of sp³-hybridized carbons (Fsp3) is 0.524. The molecule has 1 aromatic carbocycles. The van der Waals surface area contributed by atoms with E-state index >= 15 is 0 Å². The zero-order chi connectivity index (χ0) is 19.7. The second-order valence-electron chi connectivity index (χ2n) is 7.56. The van der Waals surface area contributed by atoms with Gasteiger partial charge in [0.15, 0.2) is 5.82 Å². The minimum Gasteiger partial charge on any atom is -0.497 e. The van der Waals surface area contributed by atoms with Gasteiger partial charge in [-0.1, -0.05) is 6.42 Å². The first-order chi connectivity index (χ1) is 13.6. The summed E-state index contributed by atoms with van der Waals surface area (Å²) >= 11 is 0. The van der Waals surface area contributed by atoms with Gasteiger partial charge in [0.05, 0.1) is 26.4 Å². The first-order valence-electron chi connectivity index (χ1n) is 9.95. The van der Waals surface area contributed by atoms with Crippen LogP contribution in [0.3, 0.4) is 0 Å². The molecule has 1 aromatic heterocycles. The maximum absolute atomic E-state index is 12.9. The van der Waals surface area contributed by atoms with Crippen LogP contribution in [0.25, 0.3) is 0 Å². The van der Waals surface area contributed by atoms with Crippen molar-refractivity contribution in [2.45, 2.75) is 51.2 Å². The van der Waals surface area contributed by atoms with E-state index in [0.29, 0.717) is 0 Å². The number of amides is 1. The molecule has 0 aliphatic carbocycles. The van der Waals surface area contributed by atoms with Gasteiger partial charge >= 0.3 is 0 Å². The highest BCUT2D eigenvalue weighted by molar-refractivity contribution is 5.99. The van der Waals surface area contributed by atoms with Crippen molar-refractivity contribution in [1.82, 2.24) is 15.1 Å². The lowest BCUT2D eigenvalue weighted by molar-refractivity contribution is -0.120. The molecule has 2 fully saturated rings. The molecule has 2 saturated heterocycles. The number of benzene rings is 1. The third-order valence-corrected chi connectivity index (χ3v) is 5.88. The monoisotopic (exact) mass is 384 g/mol. The van der Waals surface area contributed by atoms with Crippen molar-refractivity contribution in [2.75, 3.05) is 25.7 Å². The second kappa shape index (κ2) is 7.83. The molecule has 2 unspecified atom stereocenters. The number of methoxy groups -OCH3 is 2. The predicted molar refractivity (Wildman–Crippen MR) is 107 cm³/mol. The molecule has 1 amide bonds. The van der Waals surface area contributed by atoms with E-state index in [4.69, 9.17) is 9.47 Å². The van der Waals surface area contributed by atoms with Crippen molar-refractivity contribution >= 4 is 11.7 Å². The van der Waals surface area contributed by atoms with Gasteiger partial charge < -0.3 is 9.47 Å². The SMILES string of the molecule is COc1cc(CCc2cc(N3C(=O)C4CCCCN4C3C)n[nH]2)cc(OC)c1. The van der Waals surface area contributed by atoms with Crippen LogP contribution in [0, 0.1) is 0 Å². The number of carbonyl (C=O) groups is 1. The number of rotatable bonds is 6. The average Bonchev–Trinajstić information content (AvgIpc) is 3.29. The minimum absolute atomic E-state index is 0.0214.